The fourth-order valence-electron chi connectivity index (χ4n) is 1.74. The second-order valence-electron chi connectivity index (χ2n) is 4.43. The molecule has 21 heavy (non-hydrogen) atoms. The standard InChI is InChI=1S/C16H18N2O3/c17-14-6-1-2-7-15(14)20-12-9-16(19)21-11-8-13-5-3-4-10-18-13/h1-7,10H,8-9,11-12,17H2. The molecular formula is C16H18N2O3. The molecule has 0 spiro atoms. The number of anilines is 1. The first kappa shape index (κ1) is 14.8. The molecular weight excluding hydrogens is 268 g/mol. The van der Waals surface area contributed by atoms with Gasteiger partial charge in [0.15, 0.2) is 0 Å². The number of benzene rings is 1. The Hall–Kier alpha value is -2.56. The highest BCUT2D eigenvalue weighted by Gasteiger charge is 2.05. The van der Waals surface area contributed by atoms with Crippen LogP contribution < -0.4 is 10.5 Å². The summed E-state index contributed by atoms with van der Waals surface area (Å²) < 4.78 is 10.6. The van der Waals surface area contributed by atoms with Crippen LogP contribution in [0, 0.1) is 0 Å². The highest BCUT2D eigenvalue weighted by atomic mass is 16.5. The second-order valence-corrected chi connectivity index (χ2v) is 4.43. The van der Waals surface area contributed by atoms with Crippen LogP contribution in [0.1, 0.15) is 12.1 Å². The normalized spacial score (nSPS) is 10.1. The number of carbonyl (C=O) groups excluding carboxylic acids is 1. The van der Waals surface area contributed by atoms with Crippen molar-refractivity contribution in [1.29, 1.82) is 0 Å². The van der Waals surface area contributed by atoms with E-state index in [-0.39, 0.29) is 19.0 Å². The van der Waals surface area contributed by atoms with E-state index in [2.05, 4.69) is 4.98 Å². The zero-order valence-corrected chi connectivity index (χ0v) is 11.7. The molecule has 0 aliphatic rings. The third kappa shape index (κ3) is 5.14. The summed E-state index contributed by atoms with van der Waals surface area (Å²) in [6.07, 6.45) is 2.52. The fourth-order valence-corrected chi connectivity index (χ4v) is 1.74. The van der Waals surface area contributed by atoms with Crippen LogP contribution in [0.3, 0.4) is 0 Å². The van der Waals surface area contributed by atoms with Crippen molar-refractivity contribution >= 4 is 11.7 Å². The molecule has 0 bridgehead atoms. The van der Waals surface area contributed by atoms with E-state index in [1.165, 1.54) is 0 Å². The quantitative estimate of drug-likeness (QED) is 0.624. The largest absolute Gasteiger partial charge is 0.491 e. The van der Waals surface area contributed by atoms with Gasteiger partial charge in [-0.3, -0.25) is 9.78 Å². The van der Waals surface area contributed by atoms with Crippen LogP contribution in [0.15, 0.2) is 48.7 Å². The van der Waals surface area contributed by atoms with E-state index in [0.717, 1.165) is 5.69 Å². The number of esters is 1. The van der Waals surface area contributed by atoms with Crippen LogP contribution in [-0.2, 0) is 16.0 Å². The molecule has 0 radical (unpaired) electrons. The molecule has 5 nitrogen and oxygen atoms in total. The van der Waals surface area contributed by atoms with Crippen molar-refractivity contribution in [3.63, 3.8) is 0 Å². The summed E-state index contributed by atoms with van der Waals surface area (Å²) in [4.78, 5) is 15.7. The third-order valence-electron chi connectivity index (χ3n) is 2.83. The molecule has 0 aliphatic carbocycles. The van der Waals surface area contributed by atoms with Gasteiger partial charge in [0.05, 0.1) is 25.3 Å². The van der Waals surface area contributed by atoms with Gasteiger partial charge in [-0.05, 0) is 24.3 Å². The predicted molar refractivity (Wildman–Crippen MR) is 79.9 cm³/mol. The Bertz CT molecular complexity index is 573. The van der Waals surface area contributed by atoms with Crippen molar-refractivity contribution in [2.75, 3.05) is 18.9 Å². The summed E-state index contributed by atoms with van der Waals surface area (Å²) in [5.74, 6) is 0.291. The number of ether oxygens (including phenoxy) is 2. The smallest absolute Gasteiger partial charge is 0.309 e. The van der Waals surface area contributed by atoms with Crippen LogP contribution in [0.4, 0.5) is 5.69 Å². The molecule has 0 saturated heterocycles. The lowest BCUT2D eigenvalue weighted by Gasteiger charge is -2.08. The van der Waals surface area contributed by atoms with Crippen LogP contribution in [-0.4, -0.2) is 24.2 Å². The van der Waals surface area contributed by atoms with Gasteiger partial charge in [0.1, 0.15) is 5.75 Å². The number of nitrogens with two attached hydrogens (primary N) is 1. The first-order chi connectivity index (χ1) is 10.3. The molecule has 0 aliphatic heterocycles. The molecule has 0 amide bonds. The van der Waals surface area contributed by atoms with E-state index in [1.54, 1.807) is 18.3 Å². The molecule has 0 fully saturated rings. The van der Waals surface area contributed by atoms with Crippen LogP contribution in [0.25, 0.3) is 0 Å². The van der Waals surface area contributed by atoms with Crippen molar-refractivity contribution in [3.05, 3.63) is 54.4 Å². The van der Waals surface area contributed by atoms with Crippen molar-refractivity contribution in [2.45, 2.75) is 12.8 Å². The van der Waals surface area contributed by atoms with Crippen LogP contribution in [0.2, 0.25) is 0 Å². The number of hydrogen-bond donors (Lipinski definition) is 1. The Labute approximate surface area is 123 Å². The van der Waals surface area contributed by atoms with Gasteiger partial charge in [-0.15, -0.1) is 0 Å². The number of nitrogens with zero attached hydrogens (tertiary/aromatic N) is 1. The summed E-state index contributed by atoms with van der Waals surface area (Å²) in [5, 5.41) is 0. The van der Waals surface area contributed by atoms with Crippen molar-refractivity contribution in [1.82, 2.24) is 4.98 Å². The lowest BCUT2D eigenvalue weighted by molar-refractivity contribution is -0.144. The van der Waals surface area contributed by atoms with Gasteiger partial charge in [-0.25, -0.2) is 0 Å². The van der Waals surface area contributed by atoms with E-state index in [9.17, 15) is 4.79 Å². The maximum absolute atomic E-state index is 11.6. The Morgan fingerprint density at radius 1 is 1.10 bits per heavy atom. The predicted octanol–water partition coefficient (Wildman–Crippen LogP) is 2.22. The van der Waals surface area contributed by atoms with Crippen molar-refractivity contribution in [3.8, 4) is 5.75 Å². The average molecular weight is 286 g/mol. The van der Waals surface area contributed by atoms with Gasteiger partial charge in [-0.2, -0.15) is 0 Å². The Morgan fingerprint density at radius 2 is 1.90 bits per heavy atom. The lowest BCUT2D eigenvalue weighted by Crippen LogP contribution is -2.12. The first-order valence-electron chi connectivity index (χ1n) is 6.78. The summed E-state index contributed by atoms with van der Waals surface area (Å²) in [6, 6.07) is 12.8. The SMILES string of the molecule is Nc1ccccc1OCCC(=O)OCCc1ccccn1. The monoisotopic (exact) mass is 286 g/mol. The lowest BCUT2D eigenvalue weighted by atomic mass is 10.3. The number of carbonyl (C=O) groups is 1. The average Bonchev–Trinajstić information content (AvgIpc) is 2.50. The number of para-hydroxylation sites is 2. The maximum atomic E-state index is 11.6. The third-order valence-corrected chi connectivity index (χ3v) is 2.83. The van der Waals surface area contributed by atoms with E-state index >= 15 is 0 Å². The minimum Gasteiger partial charge on any atom is -0.491 e. The fraction of sp³-hybridized carbons (Fsp3) is 0.250. The summed E-state index contributed by atoms with van der Waals surface area (Å²) in [7, 11) is 0. The zero-order chi connectivity index (χ0) is 14.9. The van der Waals surface area contributed by atoms with Gasteiger partial charge in [0.2, 0.25) is 0 Å². The number of hydrogen-bond acceptors (Lipinski definition) is 5. The van der Waals surface area contributed by atoms with E-state index in [4.69, 9.17) is 15.2 Å². The van der Waals surface area contributed by atoms with Crippen LogP contribution >= 0.6 is 0 Å². The molecule has 2 aromatic rings. The van der Waals surface area contributed by atoms with E-state index < -0.39 is 0 Å². The molecule has 0 atom stereocenters. The van der Waals surface area contributed by atoms with Gasteiger partial charge in [0, 0.05) is 18.3 Å². The minimum absolute atomic E-state index is 0.191. The topological polar surface area (TPSA) is 74.4 Å². The minimum atomic E-state index is -0.291. The zero-order valence-electron chi connectivity index (χ0n) is 11.7. The van der Waals surface area contributed by atoms with Gasteiger partial charge < -0.3 is 15.2 Å². The van der Waals surface area contributed by atoms with Gasteiger partial charge in [-0.1, -0.05) is 18.2 Å². The number of rotatable bonds is 7. The van der Waals surface area contributed by atoms with Crippen molar-refractivity contribution in [2.24, 2.45) is 0 Å². The second kappa shape index (κ2) is 7.89. The molecule has 2 rings (SSSR count). The maximum Gasteiger partial charge on any atom is 0.309 e. The Balaban J connectivity index is 1.63. The molecule has 110 valence electrons. The number of aromatic nitrogens is 1. The molecule has 2 N–H and O–H groups in total. The molecule has 1 heterocycles. The van der Waals surface area contributed by atoms with Crippen molar-refractivity contribution < 1.29 is 14.3 Å². The first-order valence-corrected chi connectivity index (χ1v) is 6.78. The van der Waals surface area contributed by atoms with Crippen LogP contribution in [0.5, 0.6) is 5.75 Å². The highest BCUT2D eigenvalue weighted by Crippen LogP contribution is 2.19. The van der Waals surface area contributed by atoms with Gasteiger partial charge in [0.25, 0.3) is 0 Å². The molecule has 0 unspecified atom stereocenters. The summed E-state index contributed by atoms with van der Waals surface area (Å²) in [6.45, 7) is 0.569. The number of nitrogen functional groups attached to an aromatic ring is 1. The molecule has 1 aromatic heterocycles. The van der Waals surface area contributed by atoms with E-state index in [1.807, 2.05) is 30.3 Å². The molecule has 5 heteroatoms. The summed E-state index contributed by atoms with van der Waals surface area (Å²) >= 11 is 0. The summed E-state index contributed by atoms with van der Waals surface area (Å²) in [5.41, 5.74) is 7.19. The highest BCUT2D eigenvalue weighted by molar-refractivity contribution is 5.69. The Kier molecular flexibility index (Phi) is 5.58. The number of pyridine rings is 1. The Morgan fingerprint density at radius 3 is 2.67 bits per heavy atom. The molecule has 1 aromatic carbocycles. The van der Waals surface area contributed by atoms with Gasteiger partial charge >= 0.3 is 5.97 Å². The van der Waals surface area contributed by atoms with E-state index in [0.29, 0.717) is 24.5 Å². The molecule has 0 saturated carbocycles.